The van der Waals surface area contributed by atoms with Gasteiger partial charge in [-0.3, -0.25) is 0 Å². The summed E-state index contributed by atoms with van der Waals surface area (Å²) in [5.74, 6) is -1.08. The Kier molecular flexibility index (Phi) is 3.66. The Hall–Kier alpha value is -1.13. The van der Waals surface area contributed by atoms with Crippen LogP contribution in [0.4, 0.5) is 4.39 Å². The first-order valence-electron chi connectivity index (χ1n) is 4.85. The predicted octanol–water partition coefficient (Wildman–Crippen LogP) is 1.55. The largest absolute Gasteiger partial charge is 0.505 e. The van der Waals surface area contributed by atoms with Gasteiger partial charge in [0.15, 0.2) is 11.6 Å². The maximum Gasteiger partial charge on any atom is 0.165 e. The van der Waals surface area contributed by atoms with Gasteiger partial charge in [0, 0.05) is 6.04 Å². The van der Waals surface area contributed by atoms with E-state index in [2.05, 4.69) is 0 Å². The summed E-state index contributed by atoms with van der Waals surface area (Å²) in [6, 6.07) is 3.32. The zero-order valence-corrected chi connectivity index (χ0v) is 8.81. The summed E-state index contributed by atoms with van der Waals surface area (Å²) in [5.41, 5.74) is 6.13. The van der Waals surface area contributed by atoms with Crippen molar-refractivity contribution in [2.75, 3.05) is 0 Å². The molecule has 84 valence electrons. The fourth-order valence-electron chi connectivity index (χ4n) is 1.29. The van der Waals surface area contributed by atoms with Crippen molar-refractivity contribution in [3.8, 4) is 5.75 Å². The van der Waals surface area contributed by atoms with E-state index in [9.17, 15) is 9.50 Å². The number of phenols is 1. The van der Waals surface area contributed by atoms with Gasteiger partial charge in [-0.25, -0.2) is 4.39 Å². The molecule has 0 aromatic heterocycles. The zero-order valence-electron chi connectivity index (χ0n) is 8.81. The molecule has 1 rings (SSSR count). The van der Waals surface area contributed by atoms with Crippen LogP contribution in [0.5, 0.6) is 5.75 Å². The highest BCUT2D eigenvalue weighted by Crippen LogP contribution is 2.24. The number of aliphatic hydroxyl groups is 1. The fraction of sp³-hybridized carbons (Fsp3) is 0.455. The van der Waals surface area contributed by atoms with Gasteiger partial charge in [0.1, 0.15) is 0 Å². The van der Waals surface area contributed by atoms with Crippen molar-refractivity contribution in [1.82, 2.24) is 0 Å². The van der Waals surface area contributed by atoms with Gasteiger partial charge in [-0.1, -0.05) is 19.9 Å². The molecular weight excluding hydrogens is 197 g/mol. The van der Waals surface area contributed by atoms with E-state index in [1.807, 2.05) is 13.8 Å². The molecule has 0 saturated heterocycles. The third-order valence-electron chi connectivity index (χ3n) is 2.45. The molecule has 1 aromatic rings. The second-order valence-electron chi connectivity index (χ2n) is 3.98. The van der Waals surface area contributed by atoms with Gasteiger partial charge in [0.2, 0.25) is 0 Å². The quantitative estimate of drug-likeness (QED) is 0.713. The van der Waals surface area contributed by atoms with Crippen molar-refractivity contribution in [1.29, 1.82) is 0 Å². The predicted molar refractivity (Wildman–Crippen MR) is 55.8 cm³/mol. The minimum absolute atomic E-state index is 0.0943. The highest BCUT2D eigenvalue weighted by molar-refractivity contribution is 5.29. The molecule has 0 fully saturated rings. The van der Waals surface area contributed by atoms with E-state index in [1.165, 1.54) is 12.1 Å². The van der Waals surface area contributed by atoms with Crippen LogP contribution >= 0.6 is 0 Å². The zero-order chi connectivity index (χ0) is 11.6. The number of hydrogen-bond donors (Lipinski definition) is 3. The monoisotopic (exact) mass is 213 g/mol. The van der Waals surface area contributed by atoms with Crippen LogP contribution in [0.25, 0.3) is 0 Å². The maximum absolute atomic E-state index is 13.0. The van der Waals surface area contributed by atoms with Gasteiger partial charge in [-0.05, 0) is 23.6 Å². The molecule has 1 aromatic carbocycles. The molecule has 0 bridgehead atoms. The number of aromatic hydroxyl groups is 1. The third-order valence-corrected chi connectivity index (χ3v) is 2.45. The van der Waals surface area contributed by atoms with Gasteiger partial charge in [-0.15, -0.1) is 0 Å². The topological polar surface area (TPSA) is 66.5 Å². The summed E-state index contributed by atoms with van der Waals surface area (Å²) in [5, 5.41) is 18.8. The van der Waals surface area contributed by atoms with Gasteiger partial charge in [0.05, 0.1) is 6.10 Å². The Morgan fingerprint density at radius 2 is 1.93 bits per heavy atom. The summed E-state index contributed by atoms with van der Waals surface area (Å²) in [4.78, 5) is 0. The van der Waals surface area contributed by atoms with Gasteiger partial charge in [0.25, 0.3) is 0 Å². The lowest BCUT2D eigenvalue weighted by molar-refractivity contribution is 0.125. The molecule has 0 aliphatic heterocycles. The van der Waals surface area contributed by atoms with E-state index in [1.54, 1.807) is 0 Å². The Morgan fingerprint density at radius 1 is 1.33 bits per heavy atom. The van der Waals surface area contributed by atoms with Crippen LogP contribution in [-0.4, -0.2) is 16.3 Å². The molecule has 15 heavy (non-hydrogen) atoms. The smallest absolute Gasteiger partial charge is 0.165 e. The lowest BCUT2D eigenvalue weighted by Gasteiger charge is -2.22. The molecular formula is C11H16FNO2. The first kappa shape index (κ1) is 11.9. The third kappa shape index (κ3) is 2.67. The van der Waals surface area contributed by atoms with Crippen molar-refractivity contribution >= 4 is 0 Å². The molecule has 0 saturated carbocycles. The van der Waals surface area contributed by atoms with Gasteiger partial charge < -0.3 is 15.9 Å². The normalized spacial score (nSPS) is 15.3. The first-order valence-corrected chi connectivity index (χ1v) is 4.85. The van der Waals surface area contributed by atoms with Crippen molar-refractivity contribution in [3.63, 3.8) is 0 Å². The summed E-state index contributed by atoms with van der Waals surface area (Å²) in [6.07, 6.45) is -0.917. The number of benzene rings is 1. The van der Waals surface area contributed by atoms with E-state index >= 15 is 0 Å². The van der Waals surface area contributed by atoms with Crippen molar-refractivity contribution in [3.05, 3.63) is 29.6 Å². The Labute approximate surface area is 88.4 Å². The molecule has 3 nitrogen and oxygen atoms in total. The van der Waals surface area contributed by atoms with E-state index in [0.717, 1.165) is 6.07 Å². The minimum Gasteiger partial charge on any atom is -0.505 e. The number of phenolic OH excluding ortho intramolecular Hbond substituents is 1. The second kappa shape index (κ2) is 4.59. The molecule has 0 radical (unpaired) electrons. The average Bonchev–Trinajstić information content (AvgIpc) is 2.19. The highest BCUT2D eigenvalue weighted by atomic mass is 19.1. The number of aliphatic hydroxyl groups excluding tert-OH is 1. The van der Waals surface area contributed by atoms with Crippen LogP contribution in [0, 0.1) is 11.7 Å². The molecule has 2 unspecified atom stereocenters. The van der Waals surface area contributed by atoms with Gasteiger partial charge in [-0.2, -0.15) is 0 Å². The van der Waals surface area contributed by atoms with E-state index in [4.69, 9.17) is 10.8 Å². The number of hydrogen-bond acceptors (Lipinski definition) is 3. The first-order chi connectivity index (χ1) is 6.93. The molecule has 0 spiro atoms. The van der Waals surface area contributed by atoms with Crippen LogP contribution in [0.15, 0.2) is 18.2 Å². The summed E-state index contributed by atoms with van der Waals surface area (Å²) in [7, 11) is 0. The van der Waals surface area contributed by atoms with E-state index in [0.29, 0.717) is 5.56 Å². The molecule has 0 aliphatic carbocycles. The lowest BCUT2D eigenvalue weighted by atomic mass is 9.94. The SMILES string of the molecule is CC(C)C(N)C(O)c1ccc(O)c(F)c1. The standard InChI is InChI=1S/C11H16FNO2/c1-6(2)10(13)11(15)7-3-4-9(14)8(12)5-7/h3-6,10-11,14-15H,13H2,1-2H3. The minimum atomic E-state index is -0.917. The van der Waals surface area contributed by atoms with Crippen molar-refractivity contribution < 1.29 is 14.6 Å². The Balaban J connectivity index is 2.91. The maximum atomic E-state index is 13.0. The molecule has 4 heteroatoms. The van der Waals surface area contributed by atoms with Crippen LogP contribution < -0.4 is 5.73 Å². The van der Waals surface area contributed by atoms with Crippen molar-refractivity contribution in [2.24, 2.45) is 11.7 Å². The van der Waals surface area contributed by atoms with Crippen molar-refractivity contribution in [2.45, 2.75) is 26.0 Å². The highest BCUT2D eigenvalue weighted by Gasteiger charge is 2.20. The van der Waals surface area contributed by atoms with E-state index < -0.39 is 23.7 Å². The van der Waals surface area contributed by atoms with Crippen LogP contribution in [-0.2, 0) is 0 Å². The summed E-state index contributed by atoms with van der Waals surface area (Å²) >= 11 is 0. The Bertz CT molecular complexity index is 341. The van der Waals surface area contributed by atoms with Crippen LogP contribution in [0.1, 0.15) is 25.5 Å². The molecule has 0 heterocycles. The Morgan fingerprint density at radius 3 is 2.40 bits per heavy atom. The number of nitrogens with two attached hydrogens (primary N) is 1. The molecule has 0 amide bonds. The lowest BCUT2D eigenvalue weighted by Crippen LogP contribution is -2.33. The number of rotatable bonds is 3. The van der Waals surface area contributed by atoms with Crippen LogP contribution in [0.2, 0.25) is 0 Å². The summed E-state index contributed by atoms with van der Waals surface area (Å²) in [6.45, 7) is 3.76. The van der Waals surface area contributed by atoms with Gasteiger partial charge >= 0.3 is 0 Å². The van der Waals surface area contributed by atoms with E-state index in [-0.39, 0.29) is 5.92 Å². The number of halogens is 1. The average molecular weight is 213 g/mol. The van der Waals surface area contributed by atoms with Crippen LogP contribution in [0.3, 0.4) is 0 Å². The fourth-order valence-corrected chi connectivity index (χ4v) is 1.29. The molecule has 2 atom stereocenters. The molecule has 0 aliphatic rings. The second-order valence-corrected chi connectivity index (χ2v) is 3.98. The molecule has 4 N–H and O–H groups in total. The summed E-state index contributed by atoms with van der Waals surface area (Å²) < 4.78 is 13.0.